The Balaban J connectivity index is 1.62. The quantitative estimate of drug-likeness (QED) is 0.553. The van der Waals surface area contributed by atoms with E-state index in [4.69, 9.17) is 4.98 Å². The van der Waals surface area contributed by atoms with Crippen LogP contribution < -0.4 is 5.56 Å². The van der Waals surface area contributed by atoms with Gasteiger partial charge in [-0.1, -0.05) is 36.9 Å². The van der Waals surface area contributed by atoms with Crippen LogP contribution in [0.4, 0.5) is 0 Å². The van der Waals surface area contributed by atoms with Gasteiger partial charge in [-0.15, -0.1) is 0 Å². The van der Waals surface area contributed by atoms with Crippen LogP contribution in [0, 0.1) is 0 Å². The molecule has 27 heavy (non-hydrogen) atoms. The summed E-state index contributed by atoms with van der Waals surface area (Å²) in [6.07, 6.45) is 4.35. The fourth-order valence-corrected chi connectivity index (χ4v) is 4.77. The molecule has 1 atom stereocenters. The van der Waals surface area contributed by atoms with Crippen LogP contribution in [-0.2, 0) is 11.8 Å². The molecular formula is C20H24N4O2S. The Morgan fingerprint density at radius 2 is 2.15 bits per heavy atom. The van der Waals surface area contributed by atoms with Crippen molar-refractivity contribution in [2.75, 3.05) is 12.3 Å². The Morgan fingerprint density at radius 1 is 1.33 bits per heavy atom. The number of carbonyl (C=O) groups excluding carboxylic acids is 1. The number of thioether (sulfide) groups is 1. The number of rotatable bonds is 4. The summed E-state index contributed by atoms with van der Waals surface area (Å²) in [7, 11) is 1.71. The predicted molar refractivity (Wildman–Crippen MR) is 109 cm³/mol. The molecule has 142 valence electrons. The molecule has 0 aliphatic carbocycles. The maximum absolute atomic E-state index is 12.7. The lowest BCUT2D eigenvalue weighted by atomic mass is 10.0. The van der Waals surface area contributed by atoms with Crippen LogP contribution in [0.2, 0.25) is 0 Å². The van der Waals surface area contributed by atoms with Crippen LogP contribution in [0.1, 0.15) is 32.6 Å². The van der Waals surface area contributed by atoms with Crippen LogP contribution in [0.25, 0.3) is 21.9 Å². The third kappa shape index (κ3) is 3.25. The van der Waals surface area contributed by atoms with E-state index in [1.807, 2.05) is 29.2 Å². The highest BCUT2D eigenvalue weighted by molar-refractivity contribution is 7.99. The fraction of sp³-hybridized carbons (Fsp3) is 0.450. The molecule has 0 radical (unpaired) electrons. The summed E-state index contributed by atoms with van der Waals surface area (Å²) in [5.41, 5.74) is 1.97. The Bertz CT molecular complexity index is 1060. The number of nitrogens with zero attached hydrogens (tertiary/aromatic N) is 3. The molecule has 0 saturated carbocycles. The molecule has 1 N–H and O–H groups in total. The van der Waals surface area contributed by atoms with Gasteiger partial charge in [0.2, 0.25) is 5.91 Å². The van der Waals surface area contributed by atoms with Gasteiger partial charge in [0.25, 0.3) is 5.56 Å². The van der Waals surface area contributed by atoms with Crippen LogP contribution in [-0.4, -0.2) is 43.7 Å². The molecule has 1 aromatic carbocycles. The maximum atomic E-state index is 12.7. The summed E-state index contributed by atoms with van der Waals surface area (Å²) < 4.78 is 1.53. The van der Waals surface area contributed by atoms with Crippen molar-refractivity contribution < 1.29 is 4.79 Å². The first-order chi connectivity index (χ1) is 13.1. The zero-order chi connectivity index (χ0) is 19.0. The standard InChI is InChI=1S/C20H24N4O2S/c1-3-13-8-6-7-11-24(13)16(25)12-27-20-22-17-14-9-4-5-10-15(14)21-18(17)19(26)23(20)2/h4-5,9-10,13,21H,3,6-8,11-12H2,1-2H3/t13-/m1/s1. The zero-order valence-corrected chi connectivity index (χ0v) is 16.5. The molecule has 3 heterocycles. The van der Waals surface area contributed by atoms with Gasteiger partial charge in [-0.25, -0.2) is 4.98 Å². The molecule has 0 bridgehead atoms. The highest BCUT2D eigenvalue weighted by Crippen LogP contribution is 2.25. The number of hydrogen-bond donors (Lipinski definition) is 1. The van der Waals surface area contributed by atoms with E-state index in [0.29, 0.717) is 28.0 Å². The van der Waals surface area contributed by atoms with Crippen molar-refractivity contribution in [3.8, 4) is 0 Å². The molecule has 7 heteroatoms. The molecule has 1 fully saturated rings. The summed E-state index contributed by atoms with van der Waals surface area (Å²) >= 11 is 1.35. The topological polar surface area (TPSA) is 71.0 Å². The highest BCUT2D eigenvalue weighted by atomic mass is 32.2. The number of aromatic amines is 1. The lowest BCUT2D eigenvalue weighted by molar-refractivity contribution is -0.132. The first-order valence-corrected chi connectivity index (χ1v) is 10.5. The van der Waals surface area contributed by atoms with Gasteiger partial charge in [-0.3, -0.25) is 14.2 Å². The predicted octanol–water partition coefficient (Wildman–Crippen LogP) is 3.30. The van der Waals surface area contributed by atoms with E-state index in [1.54, 1.807) is 7.05 Å². The molecule has 0 spiro atoms. The van der Waals surface area contributed by atoms with Crippen molar-refractivity contribution in [2.24, 2.45) is 7.05 Å². The van der Waals surface area contributed by atoms with Gasteiger partial charge in [0.05, 0.1) is 5.75 Å². The Hall–Kier alpha value is -2.28. The molecule has 1 aliphatic heterocycles. The summed E-state index contributed by atoms with van der Waals surface area (Å²) in [4.78, 5) is 35.4. The third-order valence-corrected chi connectivity index (χ3v) is 6.45. The largest absolute Gasteiger partial charge is 0.349 e. The summed E-state index contributed by atoms with van der Waals surface area (Å²) in [6, 6.07) is 8.11. The minimum Gasteiger partial charge on any atom is -0.349 e. The number of likely N-dealkylation sites (tertiary alicyclic amines) is 1. The average Bonchev–Trinajstić information content (AvgIpc) is 3.08. The van der Waals surface area contributed by atoms with E-state index < -0.39 is 0 Å². The van der Waals surface area contributed by atoms with Gasteiger partial charge in [-0.2, -0.15) is 0 Å². The minimum absolute atomic E-state index is 0.115. The number of aromatic nitrogens is 3. The average molecular weight is 385 g/mol. The number of benzene rings is 1. The molecule has 2 aromatic heterocycles. The van der Waals surface area contributed by atoms with E-state index in [0.717, 1.165) is 36.7 Å². The third-order valence-electron chi connectivity index (χ3n) is 5.44. The van der Waals surface area contributed by atoms with Gasteiger partial charge >= 0.3 is 0 Å². The molecular weight excluding hydrogens is 360 g/mol. The van der Waals surface area contributed by atoms with Crippen molar-refractivity contribution in [3.05, 3.63) is 34.6 Å². The lowest BCUT2D eigenvalue weighted by Gasteiger charge is -2.35. The number of nitrogens with one attached hydrogen (secondary N) is 1. The van der Waals surface area contributed by atoms with E-state index in [-0.39, 0.29) is 11.5 Å². The molecule has 4 rings (SSSR count). The number of hydrogen-bond acceptors (Lipinski definition) is 4. The second kappa shape index (κ2) is 7.38. The zero-order valence-electron chi connectivity index (χ0n) is 15.7. The van der Waals surface area contributed by atoms with E-state index in [1.165, 1.54) is 22.7 Å². The number of carbonyl (C=O) groups is 1. The van der Waals surface area contributed by atoms with Gasteiger partial charge < -0.3 is 9.88 Å². The minimum atomic E-state index is -0.115. The van der Waals surface area contributed by atoms with Gasteiger partial charge in [0, 0.05) is 30.5 Å². The Morgan fingerprint density at radius 3 is 2.96 bits per heavy atom. The van der Waals surface area contributed by atoms with Crippen molar-refractivity contribution >= 4 is 39.6 Å². The second-order valence-electron chi connectivity index (χ2n) is 7.09. The monoisotopic (exact) mass is 384 g/mol. The van der Waals surface area contributed by atoms with Crippen LogP contribution in [0.3, 0.4) is 0 Å². The molecule has 0 unspecified atom stereocenters. The van der Waals surface area contributed by atoms with E-state index in [2.05, 4.69) is 11.9 Å². The molecule has 1 aliphatic rings. The Labute approximate surface area is 162 Å². The molecule has 3 aromatic rings. The van der Waals surface area contributed by atoms with Crippen LogP contribution >= 0.6 is 11.8 Å². The Kier molecular flexibility index (Phi) is 4.95. The molecule has 1 saturated heterocycles. The van der Waals surface area contributed by atoms with Crippen molar-refractivity contribution in [1.29, 1.82) is 0 Å². The van der Waals surface area contributed by atoms with Crippen molar-refractivity contribution in [2.45, 2.75) is 43.8 Å². The fourth-order valence-electron chi connectivity index (χ4n) is 3.91. The summed E-state index contributed by atoms with van der Waals surface area (Å²) in [5.74, 6) is 0.449. The van der Waals surface area contributed by atoms with Gasteiger partial charge in [0.15, 0.2) is 5.16 Å². The maximum Gasteiger partial charge on any atom is 0.278 e. The number of amides is 1. The summed E-state index contributed by atoms with van der Waals surface area (Å²) in [6.45, 7) is 2.98. The van der Waals surface area contributed by atoms with Gasteiger partial charge in [0.1, 0.15) is 11.0 Å². The number of fused-ring (bicyclic) bond motifs is 3. The normalized spacial score (nSPS) is 17.7. The van der Waals surface area contributed by atoms with Crippen molar-refractivity contribution in [1.82, 2.24) is 19.4 Å². The smallest absolute Gasteiger partial charge is 0.278 e. The van der Waals surface area contributed by atoms with E-state index >= 15 is 0 Å². The molecule has 6 nitrogen and oxygen atoms in total. The SMILES string of the molecule is CC[C@@H]1CCCCN1C(=O)CSc1nc2c([nH]c3ccccc32)c(=O)n1C. The first kappa shape index (κ1) is 18.1. The van der Waals surface area contributed by atoms with Crippen LogP contribution in [0.15, 0.2) is 34.2 Å². The second-order valence-corrected chi connectivity index (χ2v) is 8.03. The summed E-state index contributed by atoms with van der Waals surface area (Å²) in [5, 5.41) is 1.51. The molecule has 1 amide bonds. The van der Waals surface area contributed by atoms with Crippen molar-refractivity contribution in [3.63, 3.8) is 0 Å². The lowest BCUT2D eigenvalue weighted by Crippen LogP contribution is -2.44. The first-order valence-electron chi connectivity index (χ1n) is 9.50. The van der Waals surface area contributed by atoms with Crippen LogP contribution in [0.5, 0.6) is 0 Å². The number of piperidine rings is 1. The number of H-pyrrole nitrogens is 1. The van der Waals surface area contributed by atoms with E-state index in [9.17, 15) is 9.59 Å². The highest BCUT2D eigenvalue weighted by Gasteiger charge is 2.25. The number of para-hydroxylation sites is 1. The van der Waals surface area contributed by atoms with Gasteiger partial charge in [-0.05, 0) is 31.7 Å².